The minimum absolute atomic E-state index is 0.153. The maximum Gasteiger partial charge on any atom is 0.162 e. The molecule has 2 rings (SSSR count). The Labute approximate surface area is 120 Å². The molecule has 0 aliphatic rings. The number of rotatable bonds is 6. The number of carbonyl (C=O) groups excluding carboxylic acids is 1. The van der Waals surface area contributed by atoms with Gasteiger partial charge >= 0.3 is 0 Å². The van der Waals surface area contributed by atoms with Gasteiger partial charge in [-0.15, -0.1) is 0 Å². The number of aryl methyl sites for hydroxylation is 1. The van der Waals surface area contributed by atoms with Crippen LogP contribution in [0.1, 0.15) is 42.6 Å². The molecule has 2 aromatic rings. The highest BCUT2D eigenvalue weighted by Crippen LogP contribution is 2.22. The summed E-state index contributed by atoms with van der Waals surface area (Å²) in [7, 11) is 0. The van der Waals surface area contributed by atoms with E-state index in [4.69, 9.17) is 4.74 Å². The predicted molar refractivity (Wildman–Crippen MR) is 81.6 cm³/mol. The molecule has 0 amide bonds. The molecule has 2 heteroatoms. The van der Waals surface area contributed by atoms with Gasteiger partial charge in [0.05, 0.1) is 0 Å². The molecule has 104 valence electrons. The number of ether oxygens (including phenoxy) is 1. The largest absolute Gasteiger partial charge is 0.457 e. The molecule has 0 aromatic heterocycles. The highest BCUT2D eigenvalue weighted by molar-refractivity contribution is 5.95. The first kappa shape index (κ1) is 14.3. The predicted octanol–water partition coefficient (Wildman–Crippen LogP) is 5.02. The van der Waals surface area contributed by atoms with Crippen LogP contribution in [-0.2, 0) is 6.42 Å². The molecular weight excluding hydrogens is 248 g/mol. The molecule has 20 heavy (non-hydrogen) atoms. The van der Waals surface area contributed by atoms with E-state index in [9.17, 15) is 4.79 Å². The van der Waals surface area contributed by atoms with Gasteiger partial charge in [-0.25, -0.2) is 0 Å². The topological polar surface area (TPSA) is 26.3 Å². The van der Waals surface area contributed by atoms with Crippen LogP contribution >= 0.6 is 0 Å². The molecule has 0 saturated heterocycles. The van der Waals surface area contributed by atoms with Gasteiger partial charge < -0.3 is 4.74 Å². The fourth-order valence-electron chi connectivity index (χ4n) is 2.06. The first-order chi connectivity index (χ1) is 9.72. The van der Waals surface area contributed by atoms with Crippen LogP contribution < -0.4 is 4.74 Å². The summed E-state index contributed by atoms with van der Waals surface area (Å²) in [6.45, 7) is 4.04. The molecule has 2 nitrogen and oxygen atoms in total. The lowest BCUT2D eigenvalue weighted by molar-refractivity contribution is 0.0988. The molecule has 0 unspecified atom stereocenters. The van der Waals surface area contributed by atoms with Crippen molar-refractivity contribution in [2.75, 3.05) is 0 Å². The number of hydrogen-bond donors (Lipinski definition) is 0. The van der Waals surface area contributed by atoms with Crippen LogP contribution in [0.5, 0.6) is 11.5 Å². The van der Waals surface area contributed by atoms with Gasteiger partial charge in [-0.05, 0) is 48.4 Å². The Morgan fingerprint density at radius 1 is 0.900 bits per heavy atom. The van der Waals surface area contributed by atoms with Crippen molar-refractivity contribution in [1.82, 2.24) is 0 Å². The first-order valence-electron chi connectivity index (χ1n) is 7.13. The summed E-state index contributed by atoms with van der Waals surface area (Å²) in [5.41, 5.74) is 2.06. The van der Waals surface area contributed by atoms with Crippen molar-refractivity contribution in [2.45, 2.75) is 33.1 Å². The van der Waals surface area contributed by atoms with E-state index in [1.807, 2.05) is 43.3 Å². The van der Waals surface area contributed by atoms with E-state index in [-0.39, 0.29) is 5.78 Å². The minimum atomic E-state index is 0.153. The Bertz CT molecular complexity index is 553. The molecular formula is C18H20O2. The van der Waals surface area contributed by atoms with Crippen LogP contribution in [0.4, 0.5) is 0 Å². The highest BCUT2D eigenvalue weighted by atomic mass is 16.5. The van der Waals surface area contributed by atoms with E-state index in [1.165, 1.54) is 5.56 Å². The van der Waals surface area contributed by atoms with Crippen molar-refractivity contribution in [2.24, 2.45) is 0 Å². The number of carbonyl (C=O) groups is 1. The van der Waals surface area contributed by atoms with Crippen LogP contribution in [0.3, 0.4) is 0 Å². The highest BCUT2D eigenvalue weighted by Gasteiger charge is 2.03. The van der Waals surface area contributed by atoms with Crippen molar-refractivity contribution >= 4 is 5.78 Å². The van der Waals surface area contributed by atoms with Gasteiger partial charge in [0.1, 0.15) is 11.5 Å². The van der Waals surface area contributed by atoms with Gasteiger partial charge in [0.2, 0.25) is 0 Å². The molecule has 0 spiro atoms. The zero-order valence-corrected chi connectivity index (χ0v) is 12.1. The van der Waals surface area contributed by atoms with E-state index in [0.29, 0.717) is 6.42 Å². The number of benzene rings is 2. The second-order valence-electron chi connectivity index (χ2n) is 4.80. The summed E-state index contributed by atoms with van der Waals surface area (Å²) in [5, 5.41) is 0. The second-order valence-corrected chi connectivity index (χ2v) is 4.80. The third kappa shape index (κ3) is 3.70. The molecule has 0 radical (unpaired) electrons. The van der Waals surface area contributed by atoms with Crippen LogP contribution in [0.25, 0.3) is 0 Å². The van der Waals surface area contributed by atoms with Crippen LogP contribution in [-0.4, -0.2) is 5.78 Å². The zero-order valence-electron chi connectivity index (χ0n) is 12.1. The lowest BCUT2D eigenvalue weighted by atomic mass is 10.1. The smallest absolute Gasteiger partial charge is 0.162 e. The van der Waals surface area contributed by atoms with Crippen molar-refractivity contribution in [3.8, 4) is 11.5 Å². The average molecular weight is 268 g/mol. The summed E-state index contributed by atoms with van der Waals surface area (Å²) >= 11 is 0. The third-order valence-corrected chi connectivity index (χ3v) is 3.20. The molecule has 0 aliphatic carbocycles. The molecule has 0 atom stereocenters. The van der Waals surface area contributed by atoms with Gasteiger partial charge in [0, 0.05) is 12.0 Å². The van der Waals surface area contributed by atoms with E-state index >= 15 is 0 Å². The summed E-state index contributed by atoms with van der Waals surface area (Å²) in [6.07, 6.45) is 2.76. The Balaban J connectivity index is 2.04. The Hall–Kier alpha value is -2.09. The molecule has 0 bridgehead atoms. The summed E-state index contributed by atoms with van der Waals surface area (Å²) in [4.78, 5) is 11.5. The fourth-order valence-corrected chi connectivity index (χ4v) is 2.06. The zero-order chi connectivity index (χ0) is 14.4. The fraction of sp³-hybridized carbons (Fsp3) is 0.278. The number of hydrogen-bond acceptors (Lipinski definition) is 2. The van der Waals surface area contributed by atoms with Crippen LogP contribution in [0.2, 0.25) is 0 Å². The van der Waals surface area contributed by atoms with E-state index in [1.54, 1.807) is 0 Å². The maximum absolute atomic E-state index is 11.5. The number of Topliss-reactive ketones (excluding diaryl/α,β-unsaturated/α-hetero) is 1. The quantitative estimate of drug-likeness (QED) is 0.687. The second kappa shape index (κ2) is 6.90. The molecule has 0 saturated carbocycles. The standard InChI is InChI=1S/C18H20O2/c1-3-5-14-6-10-16(11-7-14)20-17-12-8-15(9-13-17)18(19)4-2/h6-13H,3-5H2,1-2H3. The van der Waals surface area contributed by atoms with Gasteiger partial charge in [-0.1, -0.05) is 32.4 Å². The molecule has 0 aliphatic heterocycles. The van der Waals surface area contributed by atoms with Crippen LogP contribution in [0.15, 0.2) is 48.5 Å². The summed E-state index contributed by atoms with van der Waals surface area (Å²) in [6, 6.07) is 15.4. The van der Waals surface area contributed by atoms with Gasteiger partial charge in [-0.3, -0.25) is 4.79 Å². The Kier molecular flexibility index (Phi) is 4.94. The van der Waals surface area contributed by atoms with Gasteiger partial charge in [0.25, 0.3) is 0 Å². The monoisotopic (exact) mass is 268 g/mol. The van der Waals surface area contributed by atoms with Crippen molar-refractivity contribution in [1.29, 1.82) is 0 Å². The Morgan fingerprint density at radius 3 is 1.95 bits per heavy atom. The van der Waals surface area contributed by atoms with E-state index in [2.05, 4.69) is 19.1 Å². The molecule has 0 N–H and O–H groups in total. The normalized spacial score (nSPS) is 10.3. The lowest BCUT2D eigenvalue weighted by Crippen LogP contribution is -1.95. The van der Waals surface area contributed by atoms with Crippen molar-refractivity contribution in [3.63, 3.8) is 0 Å². The Morgan fingerprint density at radius 2 is 1.45 bits per heavy atom. The third-order valence-electron chi connectivity index (χ3n) is 3.20. The molecule has 2 aromatic carbocycles. The van der Waals surface area contributed by atoms with Gasteiger partial charge in [0.15, 0.2) is 5.78 Å². The SMILES string of the molecule is CCCc1ccc(Oc2ccc(C(=O)CC)cc2)cc1. The molecule has 0 fully saturated rings. The number of ketones is 1. The van der Waals surface area contributed by atoms with E-state index < -0.39 is 0 Å². The summed E-state index contributed by atoms with van der Waals surface area (Å²) in [5.74, 6) is 1.72. The van der Waals surface area contributed by atoms with Crippen molar-refractivity contribution < 1.29 is 9.53 Å². The van der Waals surface area contributed by atoms with Gasteiger partial charge in [-0.2, -0.15) is 0 Å². The van der Waals surface area contributed by atoms with E-state index in [0.717, 1.165) is 29.9 Å². The molecule has 0 heterocycles. The first-order valence-corrected chi connectivity index (χ1v) is 7.13. The average Bonchev–Trinajstić information content (AvgIpc) is 2.49. The lowest BCUT2D eigenvalue weighted by Gasteiger charge is -2.07. The maximum atomic E-state index is 11.5. The summed E-state index contributed by atoms with van der Waals surface area (Å²) < 4.78 is 5.77. The minimum Gasteiger partial charge on any atom is -0.457 e. The van der Waals surface area contributed by atoms with Crippen molar-refractivity contribution in [3.05, 3.63) is 59.7 Å². The van der Waals surface area contributed by atoms with Crippen LogP contribution in [0, 0.1) is 0 Å².